The molecule has 0 unspecified atom stereocenters. The molecule has 0 saturated carbocycles. The van der Waals surface area contributed by atoms with Crippen molar-refractivity contribution in [2.75, 3.05) is 26.3 Å². The van der Waals surface area contributed by atoms with Gasteiger partial charge in [-0.2, -0.15) is 0 Å². The Morgan fingerprint density at radius 3 is 2.54 bits per heavy atom. The molecule has 2 aliphatic heterocycles. The minimum atomic E-state index is -0.681. The van der Waals surface area contributed by atoms with E-state index in [1.165, 1.54) is 4.57 Å². The van der Waals surface area contributed by atoms with Crippen molar-refractivity contribution in [3.8, 4) is 0 Å². The Kier molecular flexibility index (Phi) is 4.16. The summed E-state index contributed by atoms with van der Waals surface area (Å²) < 4.78 is 12.8. The van der Waals surface area contributed by atoms with Crippen LogP contribution in [0.4, 0.5) is 0 Å². The van der Waals surface area contributed by atoms with E-state index in [1.807, 2.05) is 0 Å². The highest BCUT2D eigenvalue weighted by Crippen LogP contribution is 2.31. The van der Waals surface area contributed by atoms with Crippen LogP contribution in [0.2, 0.25) is 0 Å². The summed E-state index contributed by atoms with van der Waals surface area (Å²) in [6, 6.07) is 5.04. The van der Waals surface area contributed by atoms with E-state index in [4.69, 9.17) is 9.47 Å². The Balaban J connectivity index is 1.61. The maximum Gasteiger partial charge on any atom is 0.316 e. The number of hydrogen-bond donors (Lipinski definition) is 1. The summed E-state index contributed by atoms with van der Waals surface area (Å²) in [6.45, 7) is 4.51. The number of hydrogen-bond acceptors (Lipinski definition) is 5. The van der Waals surface area contributed by atoms with Gasteiger partial charge in [0.15, 0.2) is 5.79 Å². The molecule has 1 spiro atoms. The van der Waals surface area contributed by atoms with E-state index in [0.29, 0.717) is 62.3 Å². The highest BCUT2D eigenvalue weighted by molar-refractivity contribution is 5.97. The van der Waals surface area contributed by atoms with Crippen LogP contribution in [-0.4, -0.2) is 52.4 Å². The van der Waals surface area contributed by atoms with Crippen molar-refractivity contribution >= 4 is 16.9 Å². The first-order chi connectivity index (χ1) is 12.5. The van der Waals surface area contributed by atoms with Crippen LogP contribution in [0.15, 0.2) is 27.8 Å². The van der Waals surface area contributed by atoms with E-state index in [1.54, 1.807) is 30.0 Å². The molecule has 8 heteroatoms. The van der Waals surface area contributed by atoms with E-state index >= 15 is 0 Å². The smallest absolute Gasteiger partial charge is 0.316 e. The Hall–Kier alpha value is -2.45. The Morgan fingerprint density at radius 2 is 1.88 bits per heavy atom. The van der Waals surface area contributed by atoms with Gasteiger partial charge in [-0.25, -0.2) is 0 Å². The van der Waals surface area contributed by atoms with Gasteiger partial charge < -0.3 is 23.9 Å². The fourth-order valence-electron chi connectivity index (χ4n) is 3.75. The summed E-state index contributed by atoms with van der Waals surface area (Å²) in [5.74, 6) is -0.627. The molecule has 2 aliphatic rings. The first-order valence-electron chi connectivity index (χ1n) is 8.87. The lowest BCUT2D eigenvalue weighted by molar-refractivity contribution is -0.181. The van der Waals surface area contributed by atoms with Crippen LogP contribution < -0.4 is 11.1 Å². The second kappa shape index (κ2) is 6.37. The van der Waals surface area contributed by atoms with Gasteiger partial charge in [-0.05, 0) is 25.1 Å². The molecule has 4 rings (SSSR count). The van der Waals surface area contributed by atoms with Crippen molar-refractivity contribution in [2.45, 2.75) is 32.1 Å². The van der Waals surface area contributed by atoms with E-state index in [-0.39, 0.29) is 5.91 Å². The second-order valence-electron chi connectivity index (χ2n) is 6.64. The number of aromatic nitrogens is 2. The number of aromatic amines is 1. The SMILES string of the molecule is CCn1c(=O)c(=O)[nH]c2cc(C(=O)N3CCC4(CC3)OCCO4)ccc21. The lowest BCUT2D eigenvalue weighted by atomic mass is 10.0. The molecule has 2 fully saturated rings. The molecule has 1 amide bonds. The van der Waals surface area contributed by atoms with Crippen molar-refractivity contribution < 1.29 is 14.3 Å². The summed E-state index contributed by atoms with van der Waals surface area (Å²) in [5, 5.41) is 0. The minimum Gasteiger partial charge on any atom is -0.347 e. The Morgan fingerprint density at radius 1 is 1.19 bits per heavy atom. The van der Waals surface area contributed by atoms with Gasteiger partial charge >= 0.3 is 11.1 Å². The summed E-state index contributed by atoms with van der Waals surface area (Å²) >= 11 is 0. The molecular weight excluding hydrogens is 338 g/mol. The summed E-state index contributed by atoms with van der Waals surface area (Å²) in [4.78, 5) is 40.9. The number of piperidine rings is 1. The maximum absolute atomic E-state index is 12.8. The highest BCUT2D eigenvalue weighted by atomic mass is 16.7. The molecule has 0 radical (unpaired) electrons. The predicted octanol–water partition coefficient (Wildman–Crippen LogP) is 0.689. The number of nitrogens with zero attached hydrogens (tertiary/aromatic N) is 2. The maximum atomic E-state index is 12.8. The Labute approximate surface area is 149 Å². The first-order valence-corrected chi connectivity index (χ1v) is 8.87. The van der Waals surface area contributed by atoms with E-state index in [9.17, 15) is 14.4 Å². The number of carbonyl (C=O) groups excluding carboxylic acids is 1. The molecule has 2 saturated heterocycles. The molecule has 0 atom stereocenters. The van der Waals surface area contributed by atoms with Crippen LogP contribution in [0.25, 0.3) is 11.0 Å². The first kappa shape index (κ1) is 17.0. The zero-order valence-corrected chi connectivity index (χ0v) is 14.6. The highest BCUT2D eigenvalue weighted by Gasteiger charge is 2.40. The van der Waals surface area contributed by atoms with Gasteiger partial charge in [-0.3, -0.25) is 14.4 Å². The molecule has 138 valence electrons. The topological polar surface area (TPSA) is 93.6 Å². The van der Waals surface area contributed by atoms with Crippen LogP contribution in [0.3, 0.4) is 0 Å². The largest absolute Gasteiger partial charge is 0.347 e. The van der Waals surface area contributed by atoms with E-state index < -0.39 is 16.9 Å². The molecule has 3 heterocycles. The van der Waals surface area contributed by atoms with Crippen LogP contribution in [0, 0.1) is 0 Å². The molecule has 8 nitrogen and oxygen atoms in total. The summed E-state index contributed by atoms with van der Waals surface area (Å²) in [6.07, 6.45) is 1.30. The third kappa shape index (κ3) is 2.75. The van der Waals surface area contributed by atoms with Crippen LogP contribution in [0.1, 0.15) is 30.1 Å². The number of carbonyl (C=O) groups is 1. The molecular formula is C18H21N3O5. The lowest BCUT2D eigenvalue weighted by Gasteiger charge is -2.37. The van der Waals surface area contributed by atoms with Gasteiger partial charge in [0.25, 0.3) is 5.91 Å². The van der Waals surface area contributed by atoms with E-state index in [0.717, 1.165) is 0 Å². The number of rotatable bonds is 2. The molecule has 26 heavy (non-hydrogen) atoms. The lowest BCUT2D eigenvalue weighted by Crippen LogP contribution is -2.47. The molecule has 0 bridgehead atoms. The van der Waals surface area contributed by atoms with Gasteiger partial charge in [-0.15, -0.1) is 0 Å². The molecule has 2 aromatic rings. The van der Waals surface area contributed by atoms with Gasteiger partial charge in [0, 0.05) is 38.0 Å². The van der Waals surface area contributed by atoms with Crippen molar-refractivity contribution in [3.63, 3.8) is 0 Å². The summed E-state index contributed by atoms with van der Waals surface area (Å²) in [5.41, 5.74) is 0.312. The summed E-state index contributed by atoms with van der Waals surface area (Å²) in [7, 11) is 0. The fraction of sp³-hybridized carbons (Fsp3) is 0.500. The third-order valence-corrected chi connectivity index (χ3v) is 5.16. The van der Waals surface area contributed by atoms with Crippen LogP contribution in [-0.2, 0) is 16.0 Å². The van der Waals surface area contributed by atoms with Crippen molar-refractivity contribution in [2.24, 2.45) is 0 Å². The quantitative estimate of drug-likeness (QED) is 0.796. The molecule has 1 aromatic heterocycles. The number of amides is 1. The number of nitrogens with one attached hydrogen (secondary N) is 1. The standard InChI is InChI=1S/C18H21N3O5/c1-2-21-14-4-3-12(11-13(14)19-15(22)17(21)24)16(23)20-7-5-18(6-8-20)25-9-10-26-18/h3-4,11H,2,5-10H2,1H3,(H,19,22). The Bertz CT molecular complexity index is 961. The van der Waals surface area contributed by atoms with Crippen molar-refractivity contribution in [1.29, 1.82) is 0 Å². The third-order valence-electron chi connectivity index (χ3n) is 5.16. The van der Waals surface area contributed by atoms with Gasteiger partial charge in [0.2, 0.25) is 0 Å². The number of likely N-dealkylation sites (tertiary alicyclic amines) is 1. The van der Waals surface area contributed by atoms with Crippen molar-refractivity contribution in [3.05, 3.63) is 44.5 Å². The fourth-order valence-corrected chi connectivity index (χ4v) is 3.75. The van der Waals surface area contributed by atoms with Crippen LogP contribution >= 0.6 is 0 Å². The van der Waals surface area contributed by atoms with Gasteiger partial charge in [0.1, 0.15) is 0 Å². The van der Waals surface area contributed by atoms with Crippen LogP contribution in [0.5, 0.6) is 0 Å². The second-order valence-corrected chi connectivity index (χ2v) is 6.64. The van der Waals surface area contributed by atoms with Gasteiger partial charge in [-0.1, -0.05) is 0 Å². The number of H-pyrrole nitrogens is 1. The minimum absolute atomic E-state index is 0.102. The molecule has 0 aliphatic carbocycles. The predicted molar refractivity (Wildman–Crippen MR) is 94.3 cm³/mol. The number of benzene rings is 1. The monoisotopic (exact) mass is 359 g/mol. The average molecular weight is 359 g/mol. The van der Waals surface area contributed by atoms with Gasteiger partial charge in [0.05, 0.1) is 24.2 Å². The zero-order chi connectivity index (χ0) is 18.3. The van der Waals surface area contributed by atoms with E-state index in [2.05, 4.69) is 4.98 Å². The molecule has 1 N–H and O–H groups in total. The number of ether oxygens (including phenoxy) is 2. The molecule has 1 aromatic carbocycles. The normalized spacial score (nSPS) is 19.3. The zero-order valence-electron chi connectivity index (χ0n) is 14.6. The van der Waals surface area contributed by atoms with Crippen molar-refractivity contribution in [1.82, 2.24) is 14.5 Å². The average Bonchev–Trinajstić information content (AvgIpc) is 3.10. The number of aryl methyl sites for hydroxylation is 1. The number of fused-ring (bicyclic) bond motifs is 1.